The largest absolute Gasteiger partial charge is 0.482 e. The summed E-state index contributed by atoms with van der Waals surface area (Å²) in [6, 6.07) is 19.0. The second-order valence-electron chi connectivity index (χ2n) is 9.65. The van der Waals surface area contributed by atoms with E-state index in [4.69, 9.17) is 14.6 Å². The molecule has 0 radical (unpaired) electrons. The molecule has 6 nitrogen and oxygen atoms in total. The summed E-state index contributed by atoms with van der Waals surface area (Å²) in [5, 5.41) is 6.06. The van der Waals surface area contributed by atoms with Gasteiger partial charge in [0, 0.05) is 5.92 Å². The zero-order valence-electron chi connectivity index (χ0n) is 21.5. The van der Waals surface area contributed by atoms with E-state index in [9.17, 15) is 18.4 Å². The van der Waals surface area contributed by atoms with Crippen molar-refractivity contribution in [1.82, 2.24) is 5.01 Å². The van der Waals surface area contributed by atoms with Gasteiger partial charge in [-0.05, 0) is 84.9 Å². The molecular formula is C31H28F2N2O4. The van der Waals surface area contributed by atoms with Crippen LogP contribution in [0.15, 0.2) is 83.5 Å². The number of aryl methyl sites for hydroxylation is 1. The molecule has 5 rings (SSSR count). The standard InChI is InChI=1S/C31H28F2N2O4/c1-20-5-2-3-8-27(20)38-19-29(37)39-18-28(36)35-31(22-11-15-25(33)16-12-22)26-7-4-6-23(30(26)34-35)17-21-9-13-24(32)14-10-21/h2-3,5,8-17,26,31H,4,6-7,18-19H2,1H3. The molecular weight excluding hydrogens is 502 g/mol. The predicted molar refractivity (Wildman–Crippen MR) is 143 cm³/mol. The van der Waals surface area contributed by atoms with Crippen LogP contribution in [0.4, 0.5) is 8.78 Å². The number of hydrogen-bond donors (Lipinski definition) is 0. The minimum absolute atomic E-state index is 0.111. The highest BCUT2D eigenvalue weighted by Crippen LogP contribution is 2.44. The zero-order valence-corrected chi connectivity index (χ0v) is 21.5. The number of carbonyl (C=O) groups excluding carboxylic acids is 2. The van der Waals surface area contributed by atoms with Gasteiger partial charge in [0.05, 0.1) is 11.8 Å². The van der Waals surface area contributed by atoms with E-state index in [1.54, 1.807) is 36.4 Å². The first-order chi connectivity index (χ1) is 18.9. The average molecular weight is 531 g/mol. The number of hydrogen-bond acceptors (Lipinski definition) is 5. The molecule has 1 amide bonds. The van der Waals surface area contributed by atoms with Crippen LogP contribution >= 0.6 is 0 Å². The molecule has 200 valence electrons. The fraction of sp³-hybridized carbons (Fsp3) is 0.258. The maximum Gasteiger partial charge on any atom is 0.344 e. The number of hydrazone groups is 1. The summed E-state index contributed by atoms with van der Waals surface area (Å²) in [5.74, 6) is -1.40. The summed E-state index contributed by atoms with van der Waals surface area (Å²) in [5.41, 5.74) is 4.18. The quantitative estimate of drug-likeness (QED) is 0.351. The highest BCUT2D eigenvalue weighted by Gasteiger charge is 2.43. The van der Waals surface area contributed by atoms with Crippen LogP contribution in [0.3, 0.4) is 0 Å². The smallest absolute Gasteiger partial charge is 0.344 e. The van der Waals surface area contributed by atoms with Gasteiger partial charge < -0.3 is 9.47 Å². The summed E-state index contributed by atoms with van der Waals surface area (Å²) < 4.78 is 37.9. The molecule has 8 heteroatoms. The van der Waals surface area contributed by atoms with Crippen LogP contribution in [0.5, 0.6) is 5.75 Å². The lowest BCUT2D eigenvalue weighted by atomic mass is 9.77. The number of nitrogens with zero attached hydrogens (tertiary/aromatic N) is 2. The van der Waals surface area contributed by atoms with Gasteiger partial charge in [-0.2, -0.15) is 5.10 Å². The van der Waals surface area contributed by atoms with E-state index in [0.717, 1.165) is 47.2 Å². The van der Waals surface area contributed by atoms with Crippen LogP contribution in [-0.2, 0) is 14.3 Å². The monoisotopic (exact) mass is 530 g/mol. The van der Waals surface area contributed by atoms with Crippen molar-refractivity contribution in [1.29, 1.82) is 0 Å². The van der Waals surface area contributed by atoms with Crippen LogP contribution in [0.2, 0.25) is 0 Å². The van der Waals surface area contributed by atoms with Gasteiger partial charge in [-0.1, -0.05) is 42.5 Å². The minimum atomic E-state index is -0.675. The van der Waals surface area contributed by atoms with Crippen molar-refractivity contribution in [2.45, 2.75) is 32.2 Å². The highest BCUT2D eigenvalue weighted by molar-refractivity contribution is 6.08. The Labute approximate surface area is 225 Å². The van der Waals surface area contributed by atoms with Gasteiger partial charge in [-0.25, -0.2) is 18.6 Å². The number of rotatable bonds is 7. The number of amides is 1. The highest BCUT2D eigenvalue weighted by atomic mass is 19.1. The number of ether oxygens (including phenoxy) is 2. The molecule has 1 fully saturated rings. The molecule has 2 atom stereocenters. The molecule has 2 aliphatic rings. The topological polar surface area (TPSA) is 68.2 Å². The van der Waals surface area contributed by atoms with Crippen LogP contribution in [0.25, 0.3) is 6.08 Å². The molecule has 39 heavy (non-hydrogen) atoms. The van der Waals surface area contributed by atoms with Crippen molar-refractivity contribution in [3.8, 4) is 5.75 Å². The zero-order chi connectivity index (χ0) is 27.4. The number of halogens is 2. The molecule has 0 aromatic heterocycles. The number of benzene rings is 3. The Hall–Kier alpha value is -4.33. The maximum atomic E-state index is 13.7. The lowest BCUT2D eigenvalue weighted by molar-refractivity contribution is -0.154. The SMILES string of the molecule is Cc1ccccc1OCC(=O)OCC(=O)N1N=C2C(=Cc3ccc(F)cc3)CCCC2C1c1ccc(F)cc1. The fourth-order valence-corrected chi connectivity index (χ4v) is 5.07. The van der Waals surface area contributed by atoms with E-state index in [1.165, 1.54) is 29.3 Å². The third-order valence-electron chi connectivity index (χ3n) is 6.98. The molecule has 1 heterocycles. The first-order valence-corrected chi connectivity index (χ1v) is 12.9. The van der Waals surface area contributed by atoms with E-state index in [1.807, 2.05) is 25.1 Å². The second-order valence-corrected chi connectivity index (χ2v) is 9.65. The van der Waals surface area contributed by atoms with Crippen molar-refractivity contribution in [2.24, 2.45) is 11.0 Å². The molecule has 1 aliphatic heterocycles. The van der Waals surface area contributed by atoms with Crippen molar-refractivity contribution in [2.75, 3.05) is 13.2 Å². The third kappa shape index (κ3) is 6.06. The Bertz CT molecular complexity index is 1420. The molecule has 0 spiro atoms. The van der Waals surface area contributed by atoms with E-state index in [0.29, 0.717) is 5.75 Å². The lowest BCUT2D eigenvalue weighted by Gasteiger charge is -2.29. The molecule has 3 aromatic carbocycles. The Morgan fingerprint density at radius 2 is 1.67 bits per heavy atom. The summed E-state index contributed by atoms with van der Waals surface area (Å²) >= 11 is 0. The molecule has 0 saturated heterocycles. The Morgan fingerprint density at radius 1 is 0.974 bits per heavy atom. The number of carbonyl (C=O) groups is 2. The van der Waals surface area contributed by atoms with Crippen LogP contribution < -0.4 is 4.74 Å². The Kier molecular flexibility index (Phi) is 7.81. The van der Waals surface area contributed by atoms with Crippen molar-refractivity contribution in [3.05, 3.63) is 107 Å². The van der Waals surface area contributed by atoms with Gasteiger partial charge >= 0.3 is 5.97 Å². The minimum Gasteiger partial charge on any atom is -0.482 e. The lowest BCUT2D eigenvalue weighted by Crippen LogP contribution is -2.35. The molecule has 2 unspecified atom stereocenters. The molecule has 1 aliphatic carbocycles. The fourth-order valence-electron chi connectivity index (χ4n) is 5.07. The first kappa shape index (κ1) is 26.3. The molecule has 0 N–H and O–H groups in total. The Morgan fingerprint density at radius 3 is 2.38 bits per heavy atom. The van der Waals surface area contributed by atoms with Gasteiger partial charge in [0.2, 0.25) is 0 Å². The van der Waals surface area contributed by atoms with Crippen LogP contribution in [0, 0.1) is 24.5 Å². The summed E-state index contributed by atoms with van der Waals surface area (Å²) in [4.78, 5) is 25.7. The normalized spacial score (nSPS) is 19.4. The summed E-state index contributed by atoms with van der Waals surface area (Å²) in [7, 11) is 0. The first-order valence-electron chi connectivity index (χ1n) is 12.9. The van der Waals surface area contributed by atoms with Gasteiger partial charge in [-0.3, -0.25) is 4.79 Å². The van der Waals surface area contributed by atoms with Gasteiger partial charge in [0.15, 0.2) is 13.2 Å². The van der Waals surface area contributed by atoms with Crippen LogP contribution in [0.1, 0.15) is 42.0 Å². The number of allylic oxidation sites excluding steroid dienone is 1. The van der Waals surface area contributed by atoms with E-state index in [-0.39, 0.29) is 24.2 Å². The predicted octanol–water partition coefficient (Wildman–Crippen LogP) is 6.02. The van der Waals surface area contributed by atoms with Crippen molar-refractivity contribution in [3.63, 3.8) is 0 Å². The summed E-state index contributed by atoms with van der Waals surface area (Å²) in [6.07, 6.45) is 4.39. The van der Waals surface area contributed by atoms with Crippen molar-refractivity contribution < 1.29 is 27.8 Å². The van der Waals surface area contributed by atoms with Crippen LogP contribution in [-0.4, -0.2) is 35.8 Å². The summed E-state index contributed by atoms with van der Waals surface area (Å²) in [6.45, 7) is 1.03. The molecule has 0 bridgehead atoms. The van der Waals surface area contributed by atoms with E-state index >= 15 is 0 Å². The van der Waals surface area contributed by atoms with E-state index < -0.39 is 24.5 Å². The van der Waals surface area contributed by atoms with Crippen molar-refractivity contribution >= 4 is 23.7 Å². The van der Waals surface area contributed by atoms with Gasteiger partial charge in [0.1, 0.15) is 17.4 Å². The maximum absolute atomic E-state index is 13.7. The van der Waals surface area contributed by atoms with Gasteiger partial charge in [0.25, 0.3) is 5.91 Å². The number of para-hydroxylation sites is 1. The molecule has 1 saturated carbocycles. The van der Waals surface area contributed by atoms with Gasteiger partial charge in [-0.15, -0.1) is 0 Å². The average Bonchev–Trinajstić information content (AvgIpc) is 3.34. The second kappa shape index (κ2) is 11.6. The number of fused-ring (bicyclic) bond motifs is 1. The number of esters is 1. The third-order valence-corrected chi connectivity index (χ3v) is 6.98. The molecule has 3 aromatic rings. The Balaban J connectivity index is 1.35. The van der Waals surface area contributed by atoms with E-state index in [2.05, 4.69) is 0 Å².